The van der Waals surface area contributed by atoms with Gasteiger partial charge in [0.25, 0.3) is 11.1 Å². The monoisotopic (exact) mass is 311 g/mol. The highest BCUT2D eigenvalue weighted by atomic mass is 32.2. The summed E-state index contributed by atoms with van der Waals surface area (Å²) in [6.07, 6.45) is 1.72. The van der Waals surface area contributed by atoms with E-state index in [1.54, 1.807) is 30.3 Å². The van der Waals surface area contributed by atoms with Gasteiger partial charge in [-0.2, -0.15) is 0 Å². The Morgan fingerprint density at radius 1 is 1.00 bits per heavy atom. The smallest absolute Gasteiger partial charge is 0.298 e. The molecule has 0 unspecified atom stereocenters. The van der Waals surface area contributed by atoms with Crippen LogP contribution in [0.1, 0.15) is 5.56 Å². The summed E-state index contributed by atoms with van der Waals surface area (Å²) < 4.78 is 5.23. The van der Waals surface area contributed by atoms with E-state index in [2.05, 4.69) is 0 Å². The van der Waals surface area contributed by atoms with Gasteiger partial charge in [-0.15, -0.1) is 0 Å². The second kappa shape index (κ2) is 6.07. The summed E-state index contributed by atoms with van der Waals surface area (Å²) in [5, 5.41) is -0.323. The van der Waals surface area contributed by atoms with Gasteiger partial charge in [0.1, 0.15) is 5.75 Å². The lowest BCUT2D eigenvalue weighted by molar-refractivity contribution is -0.113. The molecule has 3 rings (SSSR count). The molecular formula is C17H13NO3S. The first-order valence-corrected chi connectivity index (χ1v) is 7.48. The van der Waals surface area contributed by atoms with Gasteiger partial charge in [-0.3, -0.25) is 9.59 Å². The van der Waals surface area contributed by atoms with Crippen LogP contribution in [0.25, 0.3) is 6.08 Å². The van der Waals surface area contributed by atoms with Gasteiger partial charge in [0, 0.05) is 0 Å². The SMILES string of the molecule is COc1ccccc1N1C(=O)S/C(=C/c2ccccc2)C1=O. The van der Waals surface area contributed by atoms with E-state index in [1.165, 1.54) is 7.11 Å². The fourth-order valence-electron chi connectivity index (χ4n) is 2.19. The van der Waals surface area contributed by atoms with E-state index in [-0.39, 0.29) is 11.1 Å². The fraction of sp³-hybridized carbons (Fsp3) is 0.0588. The van der Waals surface area contributed by atoms with Crippen molar-refractivity contribution in [3.8, 4) is 5.75 Å². The molecule has 0 saturated carbocycles. The van der Waals surface area contributed by atoms with Crippen LogP contribution in [0.2, 0.25) is 0 Å². The first-order valence-electron chi connectivity index (χ1n) is 6.67. The second-order valence-corrected chi connectivity index (χ2v) is 5.59. The van der Waals surface area contributed by atoms with Crippen LogP contribution in [-0.4, -0.2) is 18.3 Å². The van der Waals surface area contributed by atoms with Crippen LogP contribution in [0.15, 0.2) is 59.5 Å². The second-order valence-electron chi connectivity index (χ2n) is 4.60. The molecule has 0 bridgehead atoms. The van der Waals surface area contributed by atoms with Crippen molar-refractivity contribution in [3.63, 3.8) is 0 Å². The molecule has 2 amide bonds. The van der Waals surface area contributed by atoms with Crippen LogP contribution in [-0.2, 0) is 4.79 Å². The van der Waals surface area contributed by atoms with E-state index in [4.69, 9.17) is 4.74 Å². The molecule has 2 aromatic rings. The molecule has 0 spiro atoms. The summed E-state index contributed by atoms with van der Waals surface area (Å²) in [5.74, 6) is 0.161. The number of thioether (sulfide) groups is 1. The van der Waals surface area contributed by atoms with Crippen LogP contribution in [0.3, 0.4) is 0 Å². The Balaban J connectivity index is 1.97. The molecule has 1 fully saturated rings. The van der Waals surface area contributed by atoms with Gasteiger partial charge in [-0.05, 0) is 35.5 Å². The molecule has 0 aromatic heterocycles. The minimum atomic E-state index is -0.330. The van der Waals surface area contributed by atoms with Crippen molar-refractivity contribution in [2.45, 2.75) is 0 Å². The Bertz CT molecular complexity index is 756. The Hall–Kier alpha value is -2.53. The quantitative estimate of drug-likeness (QED) is 0.806. The zero-order valence-corrected chi connectivity index (χ0v) is 12.7. The number of hydrogen-bond donors (Lipinski definition) is 0. The van der Waals surface area contributed by atoms with Gasteiger partial charge >= 0.3 is 0 Å². The number of anilines is 1. The molecule has 1 aliphatic heterocycles. The molecule has 5 heteroatoms. The maximum atomic E-state index is 12.5. The number of ether oxygens (including phenoxy) is 1. The maximum absolute atomic E-state index is 12.5. The minimum Gasteiger partial charge on any atom is -0.495 e. The molecule has 110 valence electrons. The Labute approximate surface area is 132 Å². The summed E-state index contributed by atoms with van der Waals surface area (Å²) in [7, 11) is 1.51. The molecule has 4 nitrogen and oxygen atoms in total. The van der Waals surface area contributed by atoms with Crippen LogP contribution in [0.4, 0.5) is 10.5 Å². The van der Waals surface area contributed by atoms with Crippen molar-refractivity contribution >= 4 is 34.7 Å². The first-order chi connectivity index (χ1) is 10.7. The lowest BCUT2D eigenvalue weighted by Crippen LogP contribution is -2.28. The minimum absolute atomic E-state index is 0.323. The topological polar surface area (TPSA) is 46.6 Å². The van der Waals surface area contributed by atoms with Crippen molar-refractivity contribution in [2.75, 3.05) is 12.0 Å². The normalized spacial score (nSPS) is 16.4. The number of nitrogens with zero attached hydrogens (tertiary/aromatic N) is 1. The van der Waals surface area contributed by atoms with E-state index in [0.717, 1.165) is 22.2 Å². The Morgan fingerprint density at radius 3 is 2.41 bits per heavy atom. The summed E-state index contributed by atoms with van der Waals surface area (Å²) in [6.45, 7) is 0. The summed E-state index contributed by atoms with van der Waals surface area (Å²) in [6, 6.07) is 16.4. The molecule has 2 aromatic carbocycles. The third-order valence-electron chi connectivity index (χ3n) is 3.22. The Kier molecular flexibility index (Phi) is 3.98. The molecule has 22 heavy (non-hydrogen) atoms. The van der Waals surface area contributed by atoms with Gasteiger partial charge in [-0.25, -0.2) is 4.90 Å². The number of carbonyl (C=O) groups excluding carboxylic acids is 2. The van der Waals surface area contributed by atoms with E-state index in [1.807, 2.05) is 30.3 Å². The van der Waals surface area contributed by atoms with E-state index >= 15 is 0 Å². The third-order valence-corrected chi connectivity index (χ3v) is 4.09. The van der Waals surface area contributed by atoms with Crippen molar-refractivity contribution in [1.82, 2.24) is 0 Å². The average Bonchev–Trinajstić information content (AvgIpc) is 2.82. The fourth-order valence-corrected chi connectivity index (χ4v) is 3.02. The first kappa shape index (κ1) is 14.4. The van der Waals surface area contributed by atoms with Crippen LogP contribution in [0.5, 0.6) is 5.75 Å². The van der Waals surface area contributed by atoms with Crippen LogP contribution >= 0.6 is 11.8 Å². The molecule has 0 aliphatic carbocycles. The lowest BCUT2D eigenvalue weighted by atomic mass is 10.2. The molecule has 1 aliphatic rings. The van der Waals surface area contributed by atoms with Crippen molar-refractivity contribution in [2.24, 2.45) is 0 Å². The summed E-state index contributed by atoms with van der Waals surface area (Å²) in [4.78, 5) is 26.3. The predicted molar refractivity (Wildman–Crippen MR) is 87.9 cm³/mol. The lowest BCUT2D eigenvalue weighted by Gasteiger charge is -2.15. The van der Waals surface area contributed by atoms with E-state index in [9.17, 15) is 9.59 Å². The van der Waals surface area contributed by atoms with Crippen molar-refractivity contribution in [1.29, 1.82) is 0 Å². The molecule has 0 atom stereocenters. The van der Waals surface area contributed by atoms with Crippen LogP contribution < -0.4 is 9.64 Å². The van der Waals surface area contributed by atoms with Gasteiger partial charge in [-0.1, -0.05) is 42.5 Å². The number of rotatable bonds is 3. The summed E-state index contributed by atoms with van der Waals surface area (Å²) in [5.41, 5.74) is 1.34. The van der Waals surface area contributed by atoms with Gasteiger partial charge in [0.2, 0.25) is 0 Å². The molecule has 1 saturated heterocycles. The highest BCUT2D eigenvalue weighted by Gasteiger charge is 2.37. The third kappa shape index (κ3) is 2.63. The predicted octanol–water partition coefficient (Wildman–Crippen LogP) is 3.94. The zero-order valence-electron chi connectivity index (χ0n) is 11.9. The molecule has 0 N–H and O–H groups in total. The summed E-state index contributed by atoms with van der Waals surface area (Å²) >= 11 is 0.934. The molecule has 0 radical (unpaired) electrons. The van der Waals surface area contributed by atoms with Crippen molar-refractivity contribution < 1.29 is 14.3 Å². The largest absolute Gasteiger partial charge is 0.495 e. The van der Waals surface area contributed by atoms with Gasteiger partial charge < -0.3 is 4.74 Å². The number of carbonyl (C=O) groups is 2. The van der Waals surface area contributed by atoms with Gasteiger partial charge in [0.15, 0.2) is 0 Å². The number of benzene rings is 2. The molecule has 1 heterocycles. The van der Waals surface area contributed by atoms with Crippen LogP contribution in [0, 0.1) is 0 Å². The molecular weight excluding hydrogens is 298 g/mol. The van der Waals surface area contributed by atoms with E-state index in [0.29, 0.717) is 16.3 Å². The Morgan fingerprint density at radius 2 is 1.68 bits per heavy atom. The van der Waals surface area contributed by atoms with Gasteiger partial charge in [0.05, 0.1) is 17.7 Å². The highest BCUT2D eigenvalue weighted by molar-refractivity contribution is 8.19. The highest BCUT2D eigenvalue weighted by Crippen LogP contribution is 2.39. The standard InChI is InChI=1S/C17H13NO3S/c1-21-14-10-6-5-9-13(14)18-16(19)15(22-17(18)20)11-12-7-3-2-4-8-12/h2-11H,1H3/b15-11+. The van der Waals surface area contributed by atoms with E-state index < -0.39 is 0 Å². The number of hydrogen-bond acceptors (Lipinski definition) is 4. The number of methoxy groups -OCH3 is 1. The van der Waals surface area contributed by atoms with Crippen molar-refractivity contribution in [3.05, 3.63) is 65.1 Å². The average molecular weight is 311 g/mol. The number of amides is 2. The maximum Gasteiger partial charge on any atom is 0.298 e. The number of para-hydroxylation sites is 2. The zero-order chi connectivity index (χ0) is 15.5. The number of imide groups is 1.